The Balaban J connectivity index is 1.57. The van der Waals surface area contributed by atoms with Crippen molar-refractivity contribution < 1.29 is 22.2 Å². The Bertz CT molecular complexity index is 1040. The third-order valence-corrected chi connectivity index (χ3v) is 5.59. The molecule has 2 aromatic heterocycles. The van der Waals surface area contributed by atoms with Crippen molar-refractivity contribution in [2.24, 2.45) is 0 Å². The molecule has 0 aliphatic carbocycles. The summed E-state index contributed by atoms with van der Waals surface area (Å²) in [6, 6.07) is 10.2. The van der Waals surface area contributed by atoms with E-state index in [4.69, 9.17) is 8.94 Å². The fourth-order valence-electron chi connectivity index (χ4n) is 2.36. The van der Waals surface area contributed by atoms with E-state index in [1.807, 2.05) is 6.92 Å². The number of carbonyl (C=O) groups is 1. The van der Waals surface area contributed by atoms with Crippen LogP contribution in [0.4, 0.5) is 0 Å². The van der Waals surface area contributed by atoms with Gasteiger partial charge in [-0.25, -0.2) is 8.42 Å². The van der Waals surface area contributed by atoms with Crippen molar-refractivity contribution in [3.8, 4) is 0 Å². The van der Waals surface area contributed by atoms with Gasteiger partial charge in [0.25, 0.3) is 0 Å². The van der Waals surface area contributed by atoms with E-state index in [9.17, 15) is 13.2 Å². The second-order valence-corrected chi connectivity index (χ2v) is 8.20. The highest BCUT2D eigenvalue weighted by atomic mass is 32.2. The molecule has 0 radical (unpaired) electrons. The Labute approximate surface area is 156 Å². The molecule has 0 atom stereocenters. The SMILES string of the molecule is Cc1ccc(S(=O)(=O)CCc2noc(C(=O)NCc3ccc(C)o3)n2)cc1. The summed E-state index contributed by atoms with van der Waals surface area (Å²) in [5.74, 6) is 0.552. The van der Waals surface area contributed by atoms with Crippen molar-refractivity contribution in [1.82, 2.24) is 15.5 Å². The summed E-state index contributed by atoms with van der Waals surface area (Å²) in [6.45, 7) is 3.88. The minimum Gasteiger partial charge on any atom is -0.465 e. The molecule has 8 nitrogen and oxygen atoms in total. The first-order valence-corrected chi connectivity index (χ1v) is 9.94. The molecule has 3 aromatic rings. The minimum atomic E-state index is -3.46. The summed E-state index contributed by atoms with van der Waals surface area (Å²) in [6.07, 6.45) is 0.0460. The van der Waals surface area contributed by atoms with Crippen LogP contribution in [0.3, 0.4) is 0 Å². The van der Waals surface area contributed by atoms with E-state index >= 15 is 0 Å². The first kappa shape index (κ1) is 18.8. The van der Waals surface area contributed by atoms with Crippen LogP contribution in [-0.2, 0) is 22.8 Å². The van der Waals surface area contributed by atoms with Gasteiger partial charge in [0.15, 0.2) is 15.7 Å². The molecule has 0 aliphatic rings. The third-order valence-electron chi connectivity index (χ3n) is 3.86. The molecule has 0 saturated carbocycles. The van der Waals surface area contributed by atoms with Crippen molar-refractivity contribution in [3.63, 3.8) is 0 Å². The molecule has 142 valence electrons. The monoisotopic (exact) mass is 389 g/mol. The Morgan fingerprint density at radius 3 is 2.52 bits per heavy atom. The lowest BCUT2D eigenvalue weighted by Gasteiger charge is -2.03. The van der Waals surface area contributed by atoms with Gasteiger partial charge in [0.2, 0.25) is 0 Å². The number of aryl methyl sites for hydroxylation is 3. The molecule has 1 N–H and O–H groups in total. The first-order valence-electron chi connectivity index (χ1n) is 8.29. The number of amides is 1. The summed E-state index contributed by atoms with van der Waals surface area (Å²) in [5.41, 5.74) is 0.979. The molecule has 1 aromatic carbocycles. The van der Waals surface area contributed by atoms with Gasteiger partial charge in [-0.3, -0.25) is 4.79 Å². The third kappa shape index (κ3) is 4.82. The van der Waals surface area contributed by atoms with Gasteiger partial charge in [-0.15, -0.1) is 0 Å². The zero-order valence-electron chi connectivity index (χ0n) is 14.9. The number of aromatic nitrogens is 2. The van der Waals surface area contributed by atoms with E-state index in [0.717, 1.165) is 11.3 Å². The largest absolute Gasteiger partial charge is 0.465 e. The maximum atomic E-state index is 12.3. The first-order chi connectivity index (χ1) is 12.8. The summed E-state index contributed by atoms with van der Waals surface area (Å²) in [5, 5.41) is 6.27. The van der Waals surface area contributed by atoms with Gasteiger partial charge in [0.1, 0.15) is 11.5 Å². The molecular formula is C18H19N3O5S. The molecule has 0 bridgehead atoms. The van der Waals surface area contributed by atoms with Gasteiger partial charge in [-0.05, 0) is 38.1 Å². The van der Waals surface area contributed by atoms with Gasteiger partial charge in [0, 0.05) is 6.42 Å². The lowest BCUT2D eigenvalue weighted by atomic mass is 10.2. The van der Waals surface area contributed by atoms with Gasteiger partial charge in [-0.2, -0.15) is 4.98 Å². The lowest BCUT2D eigenvalue weighted by Crippen LogP contribution is -2.23. The molecule has 27 heavy (non-hydrogen) atoms. The highest BCUT2D eigenvalue weighted by Gasteiger charge is 2.19. The van der Waals surface area contributed by atoms with Crippen LogP contribution in [0, 0.1) is 13.8 Å². The van der Waals surface area contributed by atoms with Crippen LogP contribution in [0.25, 0.3) is 0 Å². The Morgan fingerprint density at radius 2 is 1.85 bits per heavy atom. The number of nitrogens with one attached hydrogen (secondary N) is 1. The van der Waals surface area contributed by atoms with Crippen LogP contribution < -0.4 is 5.32 Å². The number of hydrogen-bond donors (Lipinski definition) is 1. The Kier molecular flexibility index (Phi) is 5.41. The fraction of sp³-hybridized carbons (Fsp3) is 0.278. The number of benzene rings is 1. The van der Waals surface area contributed by atoms with E-state index in [2.05, 4.69) is 15.5 Å². The van der Waals surface area contributed by atoms with Crippen molar-refractivity contribution in [3.05, 3.63) is 65.2 Å². The number of hydrogen-bond acceptors (Lipinski definition) is 7. The number of sulfone groups is 1. The van der Waals surface area contributed by atoms with Crippen molar-refractivity contribution in [1.29, 1.82) is 0 Å². The van der Waals surface area contributed by atoms with Crippen LogP contribution in [0.15, 0.2) is 50.2 Å². The standard InChI is InChI=1S/C18H19N3O5S/c1-12-3-7-15(8-4-12)27(23,24)10-9-16-20-18(26-21-16)17(22)19-11-14-6-5-13(2)25-14/h3-8H,9-11H2,1-2H3,(H,19,22). The summed E-state index contributed by atoms with van der Waals surface area (Å²) >= 11 is 0. The number of carbonyl (C=O) groups excluding carboxylic acids is 1. The Morgan fingerprint density at radius 1 is 1.11 bits per heavy atom. The average Bonchev–Trinajstić information content (AvgIpc) is 3.27. The van der Waals surface area contributed by atoms with Crippen molar-refractivity contribution in [2.45, 2.75) is 31.7 Å². The number of rotatable bonds is 7. The lowest BCUT2D eigenvalue weighted by molar-refractivity contribution is 0.0904. The summed E-state index contributed by atoms with van der Waals surface area (Å²) in [4.78, 5) is 16.2. The van der Waals surface area contributed by atoms with Crippen LogP contribution in [0.2, 0.25) is 0 Å². The second-order valence-electron chi connectivity index (χ2n) is 6.09. The molecule has 0 fully saturated rings. The minimum absolute atomic E-state index is 0.0460. The van der Waals surface area contributed by atoms with Crippen molar-refractivity contribution >= 4 is 15.7 Å². The normalized spacial score (nSPS) is 11.5. The zero-order valence-corrected chi connectivity index (χ0v) is 15.7. The topological polar surface area (TPSA) is 115 Å². The van der Waals surface area contributed by atoms with Crippen LogP contribution >= 0.6 is 0 Å². The predicted molar refractivity (Wildman–Crippen MR) is 95.8 cm³/mol. The Hall–Kier alpha value is -2.94. The number of nitrogens with zero attached hydrogens (tertiary/aromatic N) is 2. The molecule has 3 rings (SSSR count). The van der Waals surface area contributed by atoms with E-state index in [0.29, 0.717) is 5.76 Å². The summed E-state index contributed by atoms with van der Waals surface area (Å²) < 4.78 is 34.9. The van der Waals surface area contributed by atoms with Crippen LogP contribution in [-0.4, -0.2) is 30.2 Å². The maximum Gasteiger partial charge on any atom is 0.315 e. The quantitative estimate of drug-likeness (QED) is 0.659. The van der Waals surface area contributed by atoms with Crippen LogP contribution in [0.1, 0.15) is 33.6 Å². The van der Waals surface area contributed by atoms with E-state index in [1.165, 1.54) is 0 Å². The molecule has 1 amide bonds. The molecule has 0 aliphatic heterocycles. The number of furan rings is 1. The predicted octanol–water partition coefficient (Wildman–Crippen LogP) is 2.23. The maximum absolute atomic E-state index is 12.3. The van der Waals surface area contributed by atoms with Gasteiger partial charge in [-0.1, -0.05) is 22.9 Å². The van der Waals surface area contributed by atoms with Crippen molar-refractivity contribution in [2.75, 3.05) is 5.75 Å². The second kappa shape index (κ2) is 7.75. The van der Waals surface area contributed by atoms with E-state index < -0.39 is 15.7 Å². The van der Waals surface area contributed by atoms with Gasteiger partial charge >= 0.3 is 11.8 Å². The molecule has 9 heteroatoms. The van der Waals surface area contributed by atoms with Gasteiger partial charge < -0.3 is 14.3 Å². The molecular weight excluding hydrogens is 370 g/mol. The summed E-state index contributed by atoms with van der Waals surface area (Å²) in [7, 11) is -3.46. The average molecular weight is 389 g/mol. The molecule has 0 unspecified atom stereocenters. The van der Waals surface area contributed by atoms with Gasteiger partial charge in [0.05, 0.1) is 17.2 Å². The molecule has 0 spiro atoms. The highest BCUT2D eigenvalue weighted by molar-refractivity contribution is 7.91. The molecule has 2 heterocycles. The highest BCUT2D eigenvalue weighted by Crippen LogP contribution is 2.13. The zero-order chi connectivity index (χ0) is 19.4. The van der Waals surface area contributed by atoms with E-state index in [-0.39, 0.29) is 35.3 Å². The fourth-order valence-corrected chi connectivity index (χ4v) is 3.60. The van der Waals surface area contributed by atoms with Crippen LogP contribution in [0.5, 0.6) is 0 Å². The smallest absolute Gasteiger partial charge is 0.315 e. The molecule has 0 saturated heterocycles. The van der Waals surface area contributed by atoms with E-state index in [1.54, 1.807) is 43.3 Å².